The minimum Gasteiger partial charge on any atom is -0.488 e. The monoisotopic (exact) mass is 235 g/mol. The average molecular weight is 235 g/mol. The standard InChI is InChI=1S/C13H17NO3/c1-8(15)9(2)17-11-5-3-10-4-6-13(16)14-12(10)7-11/h3,5,7-9,15H,4,6H2,1-2H3,(H,14,16). The summed E-state index contributed by atoms with van der Waals surface area (Å²) in [6, 6.07) is 5.64. The molecule has 1 heterocycles. The van der Waals surface area contributed by atoms with Gasteiger partial charge in [0.15, 0.2) is 0 Å². The van der Waals surface area contributed by atoms with Gasteiger partial charge in [-0.25, -0.2) is 0 Å². The van der Waals surface area contributed by atoms with Gasteiger partial charge in [0.1, 0.15) is 11.9 Å². The lowest BCUT2D eigenvalue weighted by Gasteiger charge is -2.21. The van der Waals surface area contributed by atoms with E-state index in [9.17, 15) is 9.90 Å². The maximum atomic E-state index is 11.3. The zero-order chi connectivity index (χ0) is 12.4. The Morgan fingerprint density at radius 2 is 2.12 bits per heavy atom. The van der Waals surface area contributed by atoms with Crippen molar-refractivity contribution in [2.24, 2.45) is 0 Å². The minimum absolute atomic E-state index is 0.0400. The molecule has 0 bridgehead atoms. The van der Waals surface area contributed by atoms with E-state index >= 15 is 0 Å². The molecule has 92 valence electrons. The molecule has 1 aromatic carbocycles. The quantitative estimate of drug-likeness (QED) is 0.838. The molecule has 0 radical (unpaired) electrons. The first-order chi connectivity index (χ1) is 8.06. The van der Waals surface area contributed by atoms with Crippen LogP contribution in [0.3, 0.4) is 0 Å². The average Bonchev–Trinajstić information content (AvgIpc) is 2.28. The van der Waals surface area contributed by atoms with E-state index in [0.717, 1.165) is 17.7 Å². The fourth-order valence-electron chi connectivity index (χ4n) is 1.74. The molecule has 17 heavy (non-hydrogen) atoms. The summed E-state index contributed by atoms with van der Waals surface area (Å²) in [6.07, 6.45) is 0.512. The number of nitrogens with one attached hydrogen (secondary N) is 1. The van der Waals surface area contributed by atoms with Gasteiger partial charge in [0, 0.05) is 18.2 Å². The number of carbonyl (C=O) groups excluding carboxylic acids is 1. The van der Waals surface area contributed by atoms with Crippen LogP contribution in [0.15, 0.2) is 18.2 Å². The van der Waals surface area contributed by atoms with Crippen molar-refractivity contribution in [3.05, 3.63) is 23.8 Å². The van der Waals surface area contributed by atoms with Gasteiger partial charge in [-0.15, -0.1) is 0 Å². The first kappa shape index (κ1) is 11.9. The highest BCUT2D eigenvalue weighted by Gasteiger charge is 2.16. The molecule has 0 aromatic heterocycles. The number of hydrogen-bond donors (Lipinski definition) is 2. The minimum atomic E-state index is -0.527. The third kappa shape index (κ3) is 2.77. The number of fused-ring (bicyclic) bond motifs is 1. The van der Waals surface area contributed by atoms with Crippen molar-refractivity contribution in [1.29, 1.82) is 0 Å². The van der Waals surface area contributed by atoms with E-state index in [-0.39, 0.29) is 12.0 Å². The van der Waals surface area contributed by atoms with Gasteiger partial charge in [0.2, 0.25) is 5.91 Å². The lowest BCUT2D eigenvalue weighted by Crippen LogP contribution is -2.26. The van der Waals surface area contributed by atoms with Gasteiger partial charge in [-0.2, -0.15) is 0 Å². The molecule has 2 N–H and O–H groups in total. The van der Waals surface area contributed by atoms with Crippen molar-refractivity contribution < 1.29 is 14.6 Å². The summed E-state index contributed by atoms with van der Waals surface area (Å²) in [5.41, 5.74) is 1.94. The number of anilines is 1. The topological polar surface area (TPSA) is 58.6 Å². The molecule has 4 nitrogen and oxygen atoms in total. The molecule has 2 atom stereocenters. The molecule has 2 rings (SSSR count). The molecule has 0 aliphatic carbocycles. The van der Waals surface area contributed by atoms with E-state index in [2.05, 4.69) is 5.32 Å². The van der Waals surface area contributed by atoms with Gasteiger partial charge in [0.05, 0.1) is 6.10 Å². The molecule has 2 unspecified atom stereocenters. The van der Waals surface area contributed by atoms with Crippen LogP contribution in [-0.4, -0.2) is 23.2 Å². The maximum absolute atomic E-state index is 11.3. The second kappa shape index (κ2) is 4.75. The lowest BCUT2D eigenvalue weighted by atomic mass is 10.0. The van der Waals surface area contributed by atoms with E-state index in [0.29, 0.717) is 12.2 Å². The van der Waals surface area contributed by atoms with E-state index in [1.54, 1.807) is 6.92 Å². The molecular weight excluding hydrogens is 218 g/mol. The van der Waals surface area contributed by atoms with Crippen molar-refractivity contribution >= 4 is 11.6 Å². The number of amides is 1. The van der Waals surface area contributed by atoms with E-state index in [1.807, 2.05) is 25.1 Å². The Balaban J connectivity index is 2.15. The molecule has 4 heteroatoms. The van der Waals surface area contributed by atoms with Crippen LogP contribution in [-0.2, 0) is 11.2 Å². The zero-order valence-corrected chi connectivity index (χ0v) is 10.1. The van der Waals surface area contributed by atoms with E-state index in [4.69, 9.17) is 4.74 Å². The van der Waals surface area contributed by atoms with Crippen molar-refractivity contribution in [2.75, 3.05) is 5.32 Å². The summed E-state index contributed by atoms with van der Waals surface area (Å²) in [5.74, 6) is 0.706. The molecule has 0 saturated carbocycles. The number of aryl methyl sites for hydroxylation is 1. The smallest absolute Gasteiger partial charge is 0.224 e. The van der Waals surface area contributed by atoms with E-state index < -0.39 is 6.10 Å². The normalized spacial score (nSPS) is 17.9. The Hall–Kier alpha value is -1.55. The summed E-state index contributed by atoms with van der Waals surface area (Å²) in [6.45, 7) is 3.49. The number of carbonyl (C=O) groups is 1. The van der Waals surface area contributed by atoms with Crippen LogP contribution in [0.5, 0.6) is 5.75 Å². The largest absolute Gasteiger partial charge is 0.488 e. The van der Waals surface area contributed by atoms with Gasteiger partial charge < -0.3 is 15.2 Å². The Morgan fingerprint density at radius 3 is 2.82 bits per heavy atom. The number of aliphatic hydroxyl groups is 1. The Bertz CT molecular complexity index is 429. The van der Waals surface area contributed by atoms with Gasteiger partial charge in [-0.3, -0.25) is 4.79 Å². The van der Waals surface area contributed by atoms with Crippen molar-refractivity contribution in [3.63, 3.8) is 0 Å². The summed E-state index contributed by atoms with van der Waals surface area (Å²) in [4.78, 5) is 11.3. The van der Waals surface area contributed by atoms with Crippen LogP contribution in [0.4, 0.5) is 5.69 Å². The molecule has 0 spiro atoms. The second-order valence-electron chi connectivity index (χ2n) is 4.43. The highest BCUT2D eigenvalue weighted by molar-refractivity contribution is 5.94. The Kier molecular flexibility index (Phi) is 3.33. The SMILES string of the molecule is CC(O)C(C)Oc1ccc2c(c1)NC(=O)CC2. The van der Waals surface area contributed by atoms with Crippen molar-refractivity contribution in [3.8, 4) is 5.75 Å². The summed E-state index contributed by atoms with van der Waals surface area (Å²) >= 11 is 0. The summed E-state index contributed by atoms with van der Waals surface area (Å²) in [7, 11) is 0. The van der Waals surface area contributed by atoms with Crippen molar-refractivity contribution in [2.45, 2.75) is 38.9 Å². The van der Waals surface area contributed by atoms with Gasteiger partial charge in [-0.05, 0) is 31.9 Å². The first-order valence-corrected chi connectivity index (χ1v) is 5.84. The lowest BCUT2D eigenvalue weighted by molar-refractivity contribution is -0.116. The highest BCUT2D eigenvalue weighted by Crippen LogP contribution is 2.27. The molecule has 1 aliphatic heterocycles. The van der Waals surface area contributed by atoms with Crippen LogP contribution < -0.4 is 10.1 Å². The molecule has 1 aromatic rings. The fourth-order valence-corrected chi connectivity index (χ4v) is 1.74. The summed E-state index contributed by atoms with van der Waals surface area (Å²) < 4.78 is 5.58. The number of ether oxygens (including phenoxy) is 1. The molecule has 0 fully saturated rings. The van der Waals surface area contributed by atoms with Crippen LogP contribution in [0.2, 0.25) is 0 Å². The van der Waals surface area contributed by atoms with Crippen LogP contribution in [0.25, 0.3) is 0 Å². The zero-order valence-electron chi connectivity index (χ0n) is 10.1. The predicted octanol–water partition coefficient (Wildman–Crippen LogP) is 1.72. The predicted molar refractivity (Wildman–Crippen MR) is 65.2 cm³/mol. The molecular formula is C13H17NO3. The number of hydrogen-bond acceptors (Lipinski definition) is 3. The maximum Gasteiger partial charge on any atom is 0.224 e. The van der Waals surface area contributed by atoms with Gasteiger partial charge in [0.25, 0.3) is 0 Å². The second-order valence-corrected chi connectivity index (χ2v) is 4.43. The van der Waals surface area contributed by atoms with Crippen LogP contribution >= 0.6 is 0 Å². The third-order valence-electron chi connectivity index (χ3n) is 2.98. The van der Waals surface area contributed by atoms with E-state index in [1.165, 1.54) is 0 Å². The third-order valence-corrected chi connectivity index (χ3v) is 2.98. The fraction of sp³-hybridized carbons (Fsp3) is 0.462. The number of rotatable bonds is 3. The molecule has 0 saturated heterocycles. The van der Waals surface area contributed by atoms with Gasteiger partial charge in [-0.1, -0.05) is 6.07 Å². The number of aliphatic hydroxyl groups excluding tert-OH is 1. The Labute approximate surface area is 101 Å². The van der Waals surface area contributed by atoms with Crippen LogP contribution in [0.1, 0.15) is 25.8 Å². The number of benzene rings is 1. The first-order valence-electron chi connectivity index (χ1n) is 5.84. The molecule has 1 amide bonds. The summed E-state index contributed by atoms with van der Waals surface area (Å²) in [5, 5.41) is 12.2. The molecule has 1 aliphatic rings. The van der Waals surface area contributed by atoms with Crippen molar-refractivity contribution in [1.82, 2.24) is 0 Å². The highest BCUT2D eigenvalue weighted by atomic mass is 16.5. The van der Waals surface area contributed by atoms with Crippen LogP contribution in [0, 0.1) is 0 Å². The van der Waals surface area contributed by atoms with Gasteiger partial charge >= 0.3 is 0 Å². The Morgan fingerprint density at radius 1 is 1.35 bits per heavy atom.